The smallest absolute Gasteiger partial charge is 0.291 e. The molecule has 1 rings (SSSR count). The largest absolute Gasteiger partial charge is 0.401 e. The van der Waals surface area contributed by atoms with Gasteiger partial charge in [0, 0.05) is 18.5 Å². The van der Waals surface area contributed by atoms with E-state index < -0.39 is 12.7 Å². The predicted molar refractivity (Wildman–Crippen MR) is 50.6 cm³/mol. The lowest BCUT2D eigenvalue weighted by molar-refractivity contribution is -0.150. The van der Waals surface area contributed by atoms with Crippen LogP contribution >= 0.6 is 11.6 Å². The van der Waals surface area contributed by atoms with E-state index >= 15 is 0 Å². The molecule has 1 aliphatic rings. The summed E-state index contributed by atoms with van der Waals surface area (Å²) in [7, 11) is 0. The molecule has 14 heavy (non-hydrogen) atoms. The SMILES string of the molecule is FC(F)(F)CN(CCCl)C1CCCC1. The molecule has 0 saturated heterocycles. The Morgan fingerprint density at radius 2 is 1.79 bits per heavy atom. The molecule has 0 aromatic carbocycles. The van der Waals surface area contributed by atoms with Crippen molar-refractivity contribution in [1.29, 1.82) is 0 Å². The van der Waals surface area contributed by atoms with Gasteiger partial charge in [-0.3, -0.25) is 4.90 Å². The van der Waals surface area contributed by atoms with Gasteiger partial charge < -0.3 is 0 Å². The van der Waals surface area contributed by atoms with Crippen LogP contribution in [0.5, 0.6) is 0 Å². The van der Waals surface area contributed by atoms with Crippen molar-refractivity contribution in [2.45, 2.75) is 37.9 Å². The first-order chi connectivity index (χ1) is 6.53. The Morgan fingerprint density at radius 3 is 2.21 bits per heavy atom. The minimum absolute atomic E-state index is 0.0929. The van der Waals surface area contributed by atoms with Gasteiger partial charge in [0.05, 0.1) is 6.54 Å². The van der Waals surface area contributed by atoms with Gasteiger partial charge >= 0.3 is 6.18 Å². The van der Waals surface area contributed by atoms with Gasteiger partial charge in [0.25, 0.3) is 0 Å². The van der Waals surface area contributed by atoms with Gasteiger partial charge in [-0.05, 0) is 12.8 Å². The lowest BCUT2D eigenvalue weighted by atomic mass is 10.2. The van der Waals surface area contributed by atoms with E-state index in [0.717, 1.165) is 25.7 Å². The first-order valence-corrected chi connectivity index (χ1v) is 5.43. The number of halogens is 4. The summed E-state index contributed by atoms with van der Waals surface area (Å²) in [4.78, 5) is 1.47. The van der Waals surface area contributed by atoms with Gasteiger partial charge in [-0.15, -0.1) is 11.6 Å². The molecule has 0 amide bonds. The van der Waals surface area contributed by atoms with Crippen LogP contribution in [0.1, 0.15) is 25.7 Å². The van der Waals surface area contributed by atoms with Gasteiger partial charge in [-0.2, -0.15) is 13.2 Å². The molecule has 0 radical (unpaired) electrons. The third kappa shape index (κ3) is 4.05. The minimum Gasteiger partial charge on any atom is -0.291 e. The fraction of sp³-hybridized carbons (Fsp3) is 1.00. The summed E-state index contributed by atoms with van der Waals surface area (Å²) in [6.07, 6.45) is -0.253. The molecule has 0 aromatic rings. The van der Waals surface area contributed by atoms with E-state index in [-0.39, 0.29) is 11.9 Å². The molecule has 1 nitrogen and oxygen atoms in total. The molecule has 1 saturated carbocycles. The van der Waals surface area contributed by atoms with E-state index in [9.17, 15) is 13.2 Å². The molecule has 1 fully saturated rings. The van der Waals surface area contributed by atoms with Crippen molar-refractivity contribution in [2.75, 3.05) is 19.0 Å². The van der Waals surface area contributed by atoms with Crippen molar-refractivity contribution >= 4 is 11.6 Å². The maximum atomic E-state index is 12.2. The van der Waals surface area contributed by atoms with Crippen LogP contribution in [-0.4, -0.2) is 36.1 Å². The molecular weight excluding hydrogens is 215 g/mol. The van der Waals surface area contributed by atoms with Crippen LogP contribution < -0.4 is 0 Å². The Hall–Kier alpha value is 0.0400. The highest BCUT2D eigenvalue weighted by Crippen LogP contribution is 2.26. The molecule has 0 bridgehead atoms. The van der Waals surface area contributed by atoms with Gasteiger partial charge in [0.15, 0.2) is 0 Å². The zero-order valence-corrected chi connectivity index (χ0v) is 8.74. The average molecular weight is 230 g/mol. The van der Waals surface area contributed by atoms with Crippen LogP contribution in [0.15, 0.2) is 0 Å². The van der Waals surface area contributed by atoms with Crippen LogP contribution in [0, 0.1) is 0 Å². The first kappa shape index (κ1) is 12.1. The highest BCUT2D eigenvalue weighted by Gasteiger charge is 2.34. The van der Waals surface area contributed by atoms with Crippen molar-refractivity contribution in [3.05, 3.63) is 0 Å². The molecule has 1 aliphatic carbocycles. The van der Waals surface area contributed by atoms with Crippen LogP contribution in [-0.2, 0) is 0 Å². The molecule has 5 heteroatoms. The third-order valence-corrected chi connectivity index (χ3v) is 2.76. The Kier molecular flexibility index (Phi) is 4.51. The lowest BCUT2D eigenvalue weighted by Crippen LogP contribution is -2.41. The van der Waals surface area contributed by atoms with Crippen molar-refractivity contribution < 1.29 is 13.2 Å². The van der Waals surface area contributed by atoms with E-state index in [4.69, 9.17) is 11.6 Å². The van der Waals surface area contributed by atoms with E-state index in [0.29, 0.717) is 6.54 Å². The fourth-order valence-corrected chi connectivity index (χ4v) is 2.22. The van der Waals surface area contributed by atoms with E-state index in [1.165, 1.54) is 4.90 Å². The molecule has 0 aromatic heterocycles. The van der Waals surface area contributed by atoms with Gasteiger partial charge in [-0.25, -0.2) is 0 Å². The Bertz CT molecular complexity index is 166. The number of rotatable bonds is 4. The van der Waals surface area contributed by atoms with Crippen LogP contribution in [0.2, 0.25) is 0 Å². The molecular formula is C9H15ClF3N. The zero-order chi connectivity index (χ0) is 10.6. The Labute approximate surface area is 87.2 Å². The lowest BCUT2D eigenvalue weighted by Gasteiger charge is -2.28. The Balaban J connectivity index is 2.45. The van der Waals surface area contributed by atoms with Crippen LogP contribution in [0.3, 0.4) is 0 Å². The number of hydrogen-bond donors (Lipinski definition) is 0. The second kappa shape index (κ2) is 5.21. The van der Waals surface area contributed by atoms with Gasteiger partial charge in [0.2, 0.25) is 0 Å². The molecule has 0 unspecified atom stereocenters. The fourth-order valence-electron chi connectivity index (χ4n) is 2.00. The highest BCUT2D eigenvalue weighted by atomic mass is 35.5. The predicted octanol–water partition coefficient (Wildman–Crippen LogP) is 3.03. The normalized spacial score (nSPS) is 19.5. The minimum atomic E-state index is -4.10. The second-order valence-corrected chi connectivity index (χ2v) is 4.09. The summed E-state index contributed by atoms with van der Waals surface area (Å²) >= 11 is 5.49. The maximum absolute atomic E-state index is 12.2. The van der Waals surface area contributed by atoms with E-state index in [1.54, 1.807) is 0 Å². The molecule has 0 aliphatic heterocycles. The summed E-state index contributed by atoms with van der Waals surface area (Å²) < 4.78 is 36.6. The van der Waals surface area contributed by atoms with Crippen molar-refractivity contribution in [3.8, 4) is 0 Å². The molecule has 84 valence electrons. The number of nitrogens with zero attached hydrogens (tertiary/aromatic N) is 1. The van der Waals surface area contributed by atoms with E-state index in [2.05, 4.69) is 0 Å². The monoisotopic (exact) mass is 229 g/mol. The summed E-state index contributed by atoms with van der Waals surface area (Å²) in [5, 5.41) is 0. The molecule has 0 heterocycles. The zero-order valence-electron chi connectivity index (χ0n) is 7.99. The summed E-state index contributed by atoms with van der Waals surface area (Å²) in [5.41, 5.74) is 0. The highest BCUT2D eigenvalue weighted by molar-refractivity contribution is 6.18. The van der Waals surface area contributed by atoms with Crippen LogP contribution in [0.25, 0.3) is 0 Å². The number of alkyl halides is 4. The average Bonchev–Trinajstić information content (AvgIpc) is 2.52. The quantitative estimate of drug-likeness (QED) is 0.670. The van der Waals surface area contributed by atoms with Crippen molar-refractivity contribution in [1.82, 2.24) is 4.90 Å². The standard InChI is InChI=1S/C9H15ClF3N/c10-5-6-14(7-9(11,12)13)8-3-1-2-4-8/h8H,1-7H2. The number of hydrogen-bond acceptors (Lipinski definition) is 1. The summed E-state index contributed by atoms with van der Waals surface area (Å²) in [5.74, 6) is 0.270. The van der Waals surface area contributed by atoms with Gasteiger partial charge in [-0.1, -0.05) is 12.8 Å². The Morgan fingerprint density at radius 1 is 1.21 bits per heavy atom. The van der Waals surface area contributed by atoms with Crippen molar-refractivity contribution in [3.63, 3.8) is 0 Å². The summed E-state index contributed by atoms with van der Waals surface area (Å²) in [6, 6.07) is 0.0929. The van der Waals surface area contributed by atoms with Crippen molar-refractivity contribution in [2.24, 2.45) is 0 Å². The van der Waals surface area contributed by atoms with E-state index in [1.807, 2.05) is 0 Å². The molecule has 0 atom stereocenters. The second-order valence-electron chi connectivity index (χ2n) is 3.71. The topological polar surface area (TPSA) is 3.24 Å². The van der Waals surface area contributed by atoms with Gasteiger partial charge in [0.1, 0.15) is 0 Å². The molecule has 0 spiro atoms. The maximum Gasteiger partial charge on any atom is 0.401 e. The third-order valence-electron chi connectivity index (χ3n) is 2.60. The first-order valence-electron chi connectivity index (χ1n) is 4.89. The van der Waals surface area contributed by atoms with Crippen LogP contribution in [0.4, 0.5) is 13.2 Å². The molecule has 0 N–H and O–H groups in total. The summed E-state index contributed by atoms with van der Waals surface area (Å²) in [6.45, 7) is -0.476.